The van der Waals surface area contributed by atoms with Crippen molar-refractivity contribution >= 4 is 17.5 Å². The van der Waals surface area contributed by atoms with Crippen LogP contribution in [0.2, 0.25) is 0 Å². The van der Waals surface area contributed by atoms with Crippen LogP contribution in [0, 0.1) is 17.2 Å². The van der Waals surface area contributed by atoms with Gasteiger partial charge in [0.15, 0.2) is 0 Å². The third kappa shape index (κ3) is 4.48. The van der Waals surface area contributed by atoms with Crippen molar-refractivity contribution in [3.05, 3.63) is 41.5 Å². The second-order valence-corrected chi connectivity index (χ2v) is 6.78. The van der Waals surface area contributed by atoms with Crippen LogP contribution >= 0.6 is 0 Å². The van der Waals surface area contributed by atoms with E-state index in [0.717, 1.165) is 19.3 Å². The number of benzene rings is 1. The fraction of sp³-hybridized carbons (Fsp3) is 0.450. The number of nitrogens with zero attached hydrogens (tertiary/aromatic N) is 2. The lowest BCUT2D eigenvalue weighted by molar-refractivity contribution is -0.128. The van der Waals surface area contributed by atoms with Crippen LogP contribution in [-0.2, 0) is 9.59 Å². The van der Waals surface area contributed by atoms with E-state index in [1.54, 1.807) is 24.3 Å². The van der Waals surface area contributed by atoms with Gasteiger partial charge in [0.1, 0.15) is 0 Å². The molecular formula is C20H23N3O2. The molecule has 25 heavy (non-hydrogen) atoms. The van der Waals surface area contributed by atoms with Gasteiger partial charge in [-0.2, -0.15) is 5.26 Å². The van der Waals surface area contributed by atoms with Gasteiger partial charge in [-0.15, -0.1) is 0 Å². The van der Waals surface area contributed by atoms with Crippen LogP contribution in [0.25, 0.3) is 0 Å². The second-order valence-electron chi connectivity index (χ2n) is 6.78. The summed E-state index contributed by atoms with van der Waals surface area (Å²) in [6.07, 6.45) is 8.32. The van der Waals surface area contributed by atoms with E-state index in [1.807, 2.05) is 11.0 Å². The zero-order chi connectivity index (χ0) is 17.6. The zero-order valence-electron chi connectivity index (χ0n) is 14.3. The van der Waals surface area contributed by atoms with E-state index < -0.39 is 0 Å². The summed E-state index contributed by atoms with van der Waals surface area (Å²) in [5.74, 6) is -0.364. The first-order valence-electron chi connectivity index (χ1n) is 8.92. The minimum Gasteiger partial charge on any atom is -0.342 e. The van der Waals surface area contributed by atoms with Crippen molar-refractivity contribution in [3.63, 3.8) is 0 Å². The maximum absolute atomic E-state index is 12.4. The van der Waals surface area contributed by atoms with E-state index in [9.17, 15) is 9.59 Å². The molecule has 0 saturated carbocycles. The largest absolute Gasteiger partial charge is 0.342 e. The quantitative estimate of drug-likeness (QED) is 0.838. The molecule has 1 aromatic rings. The molecule has 1 unspecified atom stereocenters. The Morgan fingerprint density at radius 2 is 2.08 bits per heavy atom. The summed E-state index contributed by atoms with van der Waals surface area (Å²) in [5.41, 5.74) is 2.66. The van der Waals surface area contributed by atoms with Crippen molar-refractivity contribution in [3.8, 4) is 6.07 Å². The lowest BCUT2D eigenvalue weighted by Crippen LogP contribution is -2.29. The fourth-order valence-electron chi connectivity index (χ4n) is 3.45. The number of carbonyl (C=O) groups excluding carboxylic acids is 2. The molecule has 0 aromatic heterocycles. The average molecular weight is 337 g/mol. The number of anilines is 1. The summed E-state index contributed by atoms with van der Waals surface area (Å²) in [6, 6.07) is 8.80. The highest BCUT2D eigenvalue weighted by atomic mass is 16.2. The second kappa shape index (κ2) is 7.98. The van der Waals surface area contributed by atoms with E-state index in [0.29, 0.717) is 24.3 Å². The molecule has 5 nitrogen and oxygen atoms in total. The first-order valence-corrected chi connectivity index (χ1v) is 8.92. The van der Waals surface area contributed by atoms with Crippen molar-refractivity contribution < 1.29 is 9.59 Å². The minimum atomic E-state index is -0.302. The van der Waals surface area contributed by atoms with Gasteiger partial charge in [0, 0.05) is 25.2 Å². The van der Waals surface area contributed by atoms with Crippen molar-refractivity contribution in [2.75, 3.05) is 18.4 Å². The normalized spacial score (nSPS) is 20.1. The number of nitrogens with one attached hydrogen (secondary N) is 1. The highest BCUT2D eigenvalue weighted by Crippen LogP contribution is 2.24. The number of amides is 2. The highest BCUT2D eigenvalue weighted by Gasteiger charge is 2.34. The number of allylic oxidation sites excluding steroid dienone is 1. The minimum absolute atomic E-state index is 0.0661. The summed E-state index contributed by atoms with van der Waals surface area (Å²) in [6.45, 7) is 1.21. The summed E-state index contributed by atoms with van der Waals surface area (Å²) >= 11 is 0. The number of hydrogen-bond acceptors (Lipinski definition) is 3. The van der Waals surface area contributed by atoms with E-state index in [-0.39, 0.29) is 24.2 Å². The topological polar surface area (TPSA) is 73.2 Å². The Morgan fingerprint density at radius 1 is 1.28 bits per heavy atom. The Kier molecular flexibility index (Phi) is 5.49. The van der Waals surface area contributed by atoms with Gasteiger partial charge in [-0.25, -0.2) is 0 Å². The molecule has 2 amide bonds. The number of hydrogen-bond donors (Lipinski definition) is 1. The Bertz CT molecular complexity index is 715. The van der Waals surface area contributed by atoms with Crippen LogP contribution in [0.1, 0.15) is 44.1 Å². The molecule has 0 bridgehead atoms. The van der Waals surface area contributed by atoms with E-state index >= 15 is 0 Å². The summed E-state index contributed by atoms with van der Waals surface area (Å²) in [4.78, 5) is 26.4. The lowest BCUT2D eigenvalue weighted by Gasteiger charge is -2.19. The average Bonchev–Trinajstić information content (AvgIpc) is 3.02. The third-order valence-electron chi connectivity index (χ3n) is 4.95. The highest BCUT2D eigenvalue weighted by molar-refractivity contribution is 5.97. The molecule has 2 aliphatic rings. The molecule has 1 N–H and O–H groups in total. The zero-order valence-corrected chi connectivity index (χ0v) is 14.3. The predicted molar refractivity (Wildman–Crippen MR) is 95.6 cm³/mol. The van der Waals surface area contributed by atoms with Crippen molar-refractivity contribution in [1.29, 1.82) is 5.26 Å². The van der Waals surface area contributed by atoms with Crippen LogP contribution < -0.4 is 5.32 Å². The van der Waals surface area contributed by atoms with Crippen LogP contribution in [0.3, 0.4) is 0 Å². The van der Waals surface area contributed by atoms with Crippen molar-refractivity contribution in [1.82, 2.24) is 4.90 Å². The predicted octanol–water partition coefficient (Wildman–Crippen LogP) is 3.24. The molecule has 3 rings (SSSR count). The maximum atomic E-state index is 12.4. The lowest BCUT2D eigenvalue weighted by atomic mass is 9.97. The summed E-state index contributed by atoms with van der Waals surface area (Å²) < 4.78 is 0. The molecule has 5 heteroatoms. The molecule has 1 heterocycles. The van der Waals surface area contributed by atoms with Gasteiger partial charge in [-0.05, 0) is 56.4 Å². The first-order chi connectivity index (χ1) is 12.2. The first kappa shape index (κ1) is 17.2. The molecular weight excluding hydrogens is 314 g/mol. The van der Waals surface area contributed by atoms with Gasteiger partial charge in [-0.1, -0.05) is 11.6 Å². The van der Waals surface area contributed by atoms with Crippen molar-refractivity contribution in [2.45, 2.75) is 38.5 Å². The summed E-state index contributed by atoms with van der Waals surface area (Å²) in [5, 5.41) is 11.6. The number of nitriles is 1. The van der Waals surface area contributed by atoms with Crippen LogP contribution in [-0.4, -0.2) is 29.8 Å². The van der Waals surface area contributed by atoms with Crippen LogP contribution in [0.15, 0.2) is 35.9 Å². The molecule has 0 radical (unpaired) electrons. The number of likely N-dealkylation sites (tertiary alicyclic amines) is 1. The molecule has 0 spiro atoms. The Morgan fingerprint density at radius 3 is 2.76 bits per heavy atom. The van der Waals surface area contributed by atoms with Gasteiger partial charge in [0.25, 0.3) is 0 Å². The third-order valence-corrected chi connectivity index (χ3v) is 4.95. The molecule has 1 aromatic carbocycles. The van der Waals surface area contributed by atoms with Gasteiger partial charge in [0.05, 0.1) is 17.6 Å². The van der Waals surface area contributed by atoms with E-state index in [1.165, 1.54) is 18.4 Å². The molecule has 1 atom stereocenters. The molecule has 1 saturated heterocycles. The van der Waals surface area contributed by atoms with Crippen LogP contribution in [0.5, 0.6) is 0 Å². The van der Waals surface area contributed by atoms with Gasteiger partial charge in [-0.3, -0.25) is 9.59 Å². The van der Waals surface area contributed by atoms with Gasteiger partial charge in [0.2, 0.25) is 11.8 Å². The standard InChI is InChI=1S/C20H23N3O2/c21-13-16-6-8-18(9-7-16)22-20(25)17-12-19(24)23(14-17)11-10-15-4-2-1-3-5-15/h4,6-9,17H,1-3,5,10-12,14H2,(H,22,25). The maximum Gasteiger partial charge on any atom is 0.229 e. The Hall–Kier alpha value is -2.61. The van der Waals surface area contributed by atoms with E-state index in [2.05, 4.69) is 11.4 Å². The molecule has 1 aliphatic carbocycles. The molecule has 1 fully saturated rings. The van der Waals surface area contributed by atoms with E-state index in [4.69, 9.17) is 5.26 Å². The van der Waals surface area contributed by atoms with Crippen LogP contribution in [0.4, 0.5) is 5.69 Å². The Labute approximate surface area is 148 Å². The SMILES string of the molecule is N#Cc1ccc(NC(=O)C2CC(=O)N(CCC3=CCCCC3)C2)cc1. The van der Waals surface area contributed by atoms with Gasteiger partial charge >= 0.3 is 0 Å². The Balaban J connectivity index is 1.51. The number of carbonyl (C=O) groups is 2. The number of rotatable bonds is 5. The smallest absolute Gasteiger partial charge is 0.229 e. The summed E-state index contributed by atoms with van der Waals surface area (Å²) in [7, 11) is 0. The van der Waals surface area contributed by atoms with Crippen molar-refractivity contribution in [2.24, 2.45) is 5.92 Å². The molecule has 130 valence electrons. The fourth-order valence-corrected chi connectivity index (χ4v) is 3.45. The monoisotopic (exact) mass is 337 g/mol. The molecule has 1 aliphatic heterocycles. The van der Waals surface area contributed by atoms with Gasteiger partial charge < -0.3 is 10.2 Å².